The quantitative estimate of drug-likeness (QED) is 0.368. The van der Waals surface area contributed by atoms with Gasteiger partial charge in [0.15, 0.2) is 5.13 Å². The third-order valence-electron chi connectivity index (χ3n) is 5.59. The molecule has 0 spiro atoms. The summed E-state index contributed by atoms with van der Waals surface area (Å²) in [6, 6.07) is 12.1. The van der Waals surface area contributed by atoms with Crippen molar-refractivity contribution in [3.63, 3.8) is 0 Å². The van der Waals surface area contributed by atoms with Crippen LogP contribution >= 0.6 is 22.9 Å². The van der Waals surface area contributed by atoms with E-state index in [1.165, 1.54) is 17.4 Å². The molecule has 0 saturated heterocycles. The van der Waals surface area contributed by atoms with E-state index < -0.39 is 5.92 Å². The van der Waals surface area contributed by atoms with E-state index in [1.54, 1.807) is 11.3 Å². The molecule has 0 radical (unpaired) electrons. The molecule has 2 aromatic heterocycles. The van der Waals surface area contributed by atoms with E-state index >= 15 is 0 Å². The number of nitrogens with zero attached hydrogens (tertiary/aromatic N) is 2. The van der Waals surface area contributed by atoms with Crippen molar-refractivity contribution in [3.05, 3.63) is 58.2 Å². The highest BCUT2D eigenvalue weighted by Gasteiger charge is 2.35. The number of aromatic nitrogens is 2. The number of ether oxygens (including phenoxy) is 1. The topological polar surface area (TPSA) is 58.2 Å². The standard InChI is InChI=1S/C22H20ClN3O2S.C2H6/c1-3-12-4-6-17-19(8-12)29-22(25-17)26-10-15(21(27)28-2)20-14-9-13(23)5-7-16(14)24-18(20)11-26;1-2/h4-9,15,24H,3,10-11H2,1-2H3;1-2H3. The van der Waals surface area contributed by atoms with Crippen molar-refractivity contribution in [1.29, 1.82) is 0 Å². The first kappa shape index (κ1) is 21.7. The average molecular weight is 456 g/mol. The van der Waals surface area contributed by atoms with Gasteiger partial charge < -0.3 is 14.6 Å². The Balaban J connectivity index is 0.00000112. The maximum absolute atomic E-state index is 12.7. The average Bonchev–Trinajstić information content (AvgIpc) is 3.39. The molecule has 3 heterocycles. The van der Waals surface area contributed by atoms with Crippen LogP contribution in [0.2, 0.25) is 5.02 Å². The van der Waals surface area contributed by atoms with Crippen LogP contribution in [0.1, 0.15) is 43.5 Å². The predicted octanol–water partition coefficient (Wildman–Crippen LogP) is 6.30. The SMILES string of the molecule is CC.CCc1ccc2nc(N3Cc4[nH]c5ccc(Cl)cc5c4C(C(=O)OC)C3)sc2c1. The monoisotopic (exact) mass is 455 g/mol. The van der Waals surface area contributed by atoms with E-state index in [-0.39, 0.29) is 5.97 Å². The Morgan fingerprint density at radius 1 is 1.29 bits per heavy atom. The predicted molar refractivity (Wildman–Crippen MR) is 129 cm³/mol. The Kier molecular flexibility index (Phi) is 6.21. The maximum atomic E-state index is 12.7. The van der Waals surface area contributed by atoms with E-state index in [0.717, 1.165) is 39.2 Å². The second-order valence-electron chi connectivity index (χ2n) is 7.32. The van der Waals surface area contributed by atoms with Crippen LogP contribution < -0.4 is 4.90 Å². The van der Waals surface area contributed by atoms with Gasteiger partial charge in [-0.2, -0.15) is 0 Å². The molecule has 1 aliphatic heterocycles. The van der Waals surface area contributed by atoms with Crippen molar-refractivity contribution in [2.24, 2.45) is 0 Å². The molecule has 1 aliphatic rings. The molecule has 31 heavy (non-hydrogen) atoms. The lowest BCUT2D eigenvalue weighted by molar-refractivity contribution is -0.142. The fraction of sp³-hybridized carbons (Fsp3) is 0.333. The number of anilines is 1. The number of nitrogens with one attached hydrogen (secondary N) is 1. The fourth-order valence-electron chi connectivity index (χ4n) is 4.12. The molecule has 1 N–H and O–H groups in total. The van der Waals surface area contributed by atoms with Crippen molar-refractivity contribution in [2.75, 3.05) is 18.6 Å². The number of fused-ring (bicyclic) bond motifs is 4. The number of H-pyrrole nitrogens is 1. The summed E-state index contributed by atoms with van der Waals surface area (Å²) in [5.74, 6) is -0.639. The van der Waals surface area contributed by atoms with Crippen LogP contribution in [-0.2, 0) is 22.5 Å². The lowest BCUT2D eigenvalue weighted by Crippen LogP contribution is -2.37. The fourth-order valence-corrected chi connectivity index (χ4v) is 5.33. The lowest BCUT2D eigenvalue weighted by Gasteiger charge is -2.31. The van der Waals surface area contributed by atoms with Gasteiger partial charge in [-0.3, -0.25) is 4.79 Å². The van der Waals surface area contributed by atoms with E-state index in [9.17, 15) is 4.79 Å². The second-order valence-corrected chi connectivity index (χ2v) is 8.76. The first-order valence-corrected chi connectivity index (χ1v) is 11.8. The summed E-state index contributed by atoms with van der Waals surface area (Å²) in [6.07, 6.45) is 0.998. The molecule has 1 unspecified atom stereocenters. The zero-order valence-corrected chi connectivity index (χ0v) is 19.7. The Morgan fingerprint density at radius 3 is 2.84 bits per heavy atom. The van der Waals surface area contributed by atoms with E-state index in [1.807, 2.05) is 32.0 Å². The molecule has 5 rings (SSSR count). The van der Waals surface area contributed by atoms with Crippen LogP contribution in [0.5, 0.6) is 0 Å². The van der Waals surface area contributed by atoms with Crippen molar-refractivity contribution in [3.8, 4) is 0 Å². The van der Waals surface area contributed by atoms with Gasteiger partial charge in [0.05, 0.1) is 23.9 Å². The number of hydrogen-bond acceptors (Lipinski definition) is 5. The van der Waals surface area contributed by atoms with E-state index in [4.69, 9.17) is 21.3 Å². The number of methoxy groups -OCH3 is 1. The van der Waals surface area contributed by atoms with E-state index in [0.29, 0.717) is 18.1 Å². The molecule has 2 aromatic carbocycles. The molecule has 0 saturated carbocycles. The Bertz CT molecular complexity index is 1250. The number of aryl methyl sites for hydroxylation is 1. The van der Waals surface area contributed by atoms with Crippen molar-refractivity contribution >= 4 is 55.2 Å². The van der Waals surface area contributed by atoms with Gasteiger partial charge in [-0.25, -0.2) is 4.98 Å². The minimum Gasteiger partial charge on any atom is -0.468 e. The molecule has 0 aliphatic carbocycles. The Hall–Kier alpha value is -2.57. The summed E-state index contributed by atoms with van der Waals surface area (Å²) in [7, 11) is 1.44. The van der Waals surface area contributed by atoms with Gasteiger partial charge in [-0.1, -0.05) is 49.8 Å². The number of carbonyl (C=O) groups excluding carboxylic acids is 1. The van der Waals surface area contributed by atoms with Crippen LogP contribution in [0.4, 0.5) is 5.13 Å². The van der Waals surface area contributed by atoms with Gasteiger partial charge >= 0.3 is 5.97 Å². The van der Waals surface area contributed by atoms with Gasteiger partial charge in [0.25, 0.3) is 0 Å². The number of esters is 1. The summed E-state index contributed by atoms with van der Waals surface area (Å²) < 4.78 is 6.31. The summed E-state index contributed by atoms with van der Waals surface area (Å²) in [6.45, 7) is 7.34. The second kappa shape index (κ2) is 8.89. The number of carbonyl (C=O) groups is 1. The molecule has 0 amide bonds. The van der Waals surface area contributed by atoms with E-state index in [2.05, 4.69) is 35.0 Å². The third kappa shape index (κ3) is 3.90. The van der Waals surface area contributed by atoms with Crippen molar-refractivity contribution < 1.29 is 9.53 Å². The third-order valence-corrected chi connectivity index (χ3v) is 6.90. The van der Waals surface area contributed by atoms with Crippen molar-refractivity contribution in [1.82, 2.24) is 9.97 Å². The highest BCUT2D eigenvalue weighted by atomic mass is 35.5. The summed E-state index contributed by atoms with van der Waals surface area (Å²) >= 11 is 7.89. The minimum atomic E-state index is -0.394. The first-order valence-electron chi connectivity index (χ1n) is 10.6. The normalized spacial score (nSPS) is 15.5. The lowest BCUT2D eigenvalue weighted by atomic mass is 9.92. The number of aromatic amines is 1. The Morgan fingerprint density at radius 2 is 2.10 bits per heavy atom. The van der Waals surface area contributed by atoms with Crippen molar-refractivity contribution in [2.45, 2.75) is 39.7 Å². The number of rotatable bonds is 3. The highest BCUT2D eigenvalue weighted by molar-refractivity contribution is 7.22. The maximum Gasteiger partial charge on any atom is 0.315 e. The highest BCUT2D eigenvalue weighted by Crippen LogP contribution is 2.40. The number of halogens is 1. The summed E-state index contributed by atoms with van der Waals surface area (Å²) in [5, 5.41) is 2.56. The smallest absolute Gasteiger partial charge is 0.315 e. The summed E-state index contributed by atoms with van der Waals surface area (Å²) in [5.41, 5.74) is 5.27. The van der Waals surface area contributed by atoms with Crippen LogP contribution in [0.25, 0.3) is 21.1 Å². The number of benzene rings is 2. The molecule has 5 nitrogen and oxygen atoms in total. The molecular formula is C24H26ClN3O2S. The van der Waals surface area contributed by atoms with Gasteiger partial charge in [0, 0.05) is 28.2 Å². The molecule has 7 heteroatoms. The van der Waals surface area contributed by atoms with Crippen LogP contribution in [0.15, 0.2) is 36.4 Å². The molecule has 0 fully saturated rings. The largest absolute Gasteiger partial charge is 0.468 e. The molecule has 162 valence electrons. The molecule has 0 bridgehead atoms. The first-order chi connectivity index (χ1) is 15.1. The zero-order valence-electron chi connectivity index (χ0n) is 18.2. The molecule has 1 atom stereocenters. The van der Waals surface area contributed by atoms with Crippen LogP contribution in [-0.4, -0.2) is 29.6 Å². The van der Waals surface area contributed by atoms with Gasteiger partial charge in [0.1, 0.15) is 5.92 Å². The van der Waals surface area contributed by atoms with Gasteiger partial charge in [-0.05, 0) is 47.9 Å². The van der Waals surface area contributed by atoms with Gasteiger partial charge in [0.2, 0.25) is 0 Å². The zero-order chi connectivity index (χ0) is 22.1. The molecule has 4 aromatic rings. The minimum absolute atomic E-state index is 0.244. The summed E-state index contributed by atoms with van der Waals surface area (Å²) in [4.78, 5) is 23.1. The van der Waals surface area contributed by atoms with Crippen LogP contribution in [0.3, 0.4) is 0 Å². The Labute approximate surface area is 191 Å². The number of thiazole rings is 1. The number of hydrogen-bond donors (Lipinski definition) is 1. The van der Waals surface area contributed by atoms with Gasteiger partial charge in [-0.15, -0.1) is 0 Å². The van der Waals surface area contributed by atoms with Crippen LogP contribution in [0, 0.1) is 0 Å². The molecular weight excluding hydrogens is 430 g/mol.